The van der Waals surface area contributed by atoms with Gasteiger partial charge in [-0.3, -0.25) is 0 Å². The minimum atomic E-state index is -0.129. The van der Waals surface area contributed by atoms with Crippen LogP contribution in [0, 0.1) is 0 Å². The SMILES string of the molecule is CC1(C)c2cc(-c3ccc4c(ccc5c6ccccc6ccc45)c3)ccc2-c2ccc(-c3ccc4ccc5cc6c(cc5c4c3)C(C)(C)c3ccccc3-6)cc21. The summed E-state index contributed by atoms with van der Waals surface area (Å²) in [6.45, 7) is 9.54. The Hall–Kier alpha value is -6.50. The summed E-state index contributed by atoms with van der Waals surface area (Å²) in [6.07, 6.45) is 0. The van der Waals surface area contributed by atoms with Gasteiger partial charge in [0.25, 0.3) is 0 Å². The lowest BCUT2D eigenvalue weighted by molar-refractivity contribution is 0.661. The molecule has 0 saturated carbocycles. The second kappa shape index (κ2) is 11.1. The van der Waals surface area contributed by atoms with Crippen molar-refractivity contribution in [1.82, 2.24) is 0 Å². The van der Waals surface area contributed by atoms with E-state index in [1.165, 1.54) is 121 Å². The van der Waals surface area contributed by atoms with Gasteiger partial charge in [-0.2, -0.15) is 0 Å². The first-order valence-electron chi connectivity index (χ1n) is 20.0. The third-order valence-corrected chi connectivity index (χ3v) is 13.6. The second-order valence-corrected chi connectivity index (χ2v) is 17.3. The van der Waals surface area contributed by atoms with Crippen LogP contribution in [0.5, 0.6) is 0 Å². The van der Waals surface area contributed by atoms with Crippen molar-refractivity contribution in [1.29, 1.82) is 0 Å². The largest absolute Gasteiger partial charge is 0.0619 e. The molecule has 0 spiro atoms. The van der Waals surface area contributed by atoms with Crippen molar-refractivity contribution in [3.8, 4) is 44.5 Å². The molecule has 0 amide bonds. The Balaban J connectivity index is 0.923. The van der Waals surface area contributed by atoms with Crippen molar-refractivity contribution < 1.29 is 0 Å². The summed E-state index contributed by atoms with van der Waals surface area (Å²) in [7, 11) is 0. The van der Waals surface area contributed by atoms with Crippen LogP contribution in [-0.4, -0.2) is 0 Å². The minimum absolute atomic E-state index is 0.0285. The van der Waals surface area contributed by atoms with Crippen LogP contribution in [0.4, 0.5) is 0 Å². The molecule has 12 rings (SSSR count). The molecule has 264 valence electrons. The van der Waals surface area contributed by atoms with Gasteiger partial charge >= 0.3 is 0 Å². The van der Waals surface area contributed by atoms with Gasteiger partial charge in [0.2, 0.25) is 0 Å². The quantitative estimate of drug-likeness (QED) is 0.157. The third kappa shape index (κ3) is 4.30. The molecule has 0 nitrogen and oxygen atoms in total. The summed E-state index contributed by atoms with van der Waals surface area (Å²) >= 11 is 0. The molecule has 0 N–H and O–H groups in total. The molecule has 0 heteroatoms. The Kier molecular flexibility index (Phi) is 6.28. The van der Waals surface area contributed by atoms with Crippen molar-refractivity contribution >= 4 is 53.9 Å². The van der Waals surface area contributed by atoms with Gasteiger partial charge in [-0.1, -0.05) is 161 Å². The fourth-order valence-corrected chi connectivity index (χ4v) is 10.5. The maximum Gasteiger partial charge on any atom is 0.0159 e. The molecular formula is C56H40. The van der Waals surface area contributed by atoms with E-state index < -0.39 is 0 Å². The molecule has 0 aromatic heterocycles. The van der Waals surface area contributed by atoms with E-state index in [4.69, 9.17) is 0 Å². The highest BCUT2D eigenvalue weighted by Crippen LogP contribution is 2.52. The van der Waals surface area contributed by atoms with Crippen LogP contribution in [0.1, 0.15) is 49.9 Å². The number of hydrogen-bond donors (Lipinski definition) is 0. The average molecular weight is 713 g/mol. The number of rotatable bonds is 2. The molecule has 0 fully saturated rings. The third-order valence-electron chi connectivity index (χ3n) is 13.6. The van der Waals surface area contributed by atoms with Crippen LogP contribution in [0.15, 0.2) is 170 Å². The smallest absolute Gasteiger partial charge is 0.0159 e. The maximum absolute atomic E-state index is 2.48. The van der Waals surface area contributed by atoms with Gasteiger partial charge in [-0.25, -0.2) is 0 Å². The van der Waals surface area contributed by atoms with Crippen molar-refractivity contribution in [2.75, 3.05) is 0 Å². The van der Waals surface area contributed by atoms with Gasteiger partial charge in [0.15, 0.2) is 0 Å². The Morgan fingerprint density at radius 1 is 0.250 bits per heavy atom. The zero-order valence-corrected chi connectivity index (χ0v) is 32.2. The standard InChI is InChI=1S/C56H40/c1-55(2)51-12-8-7-11-45(51)50-29-40-16-14-34-13-15-36(28-48(34)49(40)32-54(50)55)38-20-26-47-46-25-19-37(30-52(46)56(3,4)53(47)31-38)35-18-22-42-39(27-35)21-24-43-41-10-6-5-9-33(41)17-23-44(42)43/h5-32H,1-4H3. The van der Waals surface area contributed by atoms with E-state index in [1.54, 1.807) is 0 Å². The van der Waals surface area contributed by atoms with E-state index in [1.807, 2.05) is 0 Å². The molecule has 0 saturated heterocycles. The number of hydrogen-bond acceptors (Lipinski definition) is 0. The van der Waals surface area contributed by atoms with E-state index in [2.05, 4.69) is 198 Å². The van der Waals surface area contributed by atoms with Crippen LogP contribution in [0.25, 0.3) is 98.4 Å². The average Bonchev–Trinajstić information content (AvgIpc) is 3.60. The first kappa shape index (κ1) is 31.8. The molecule has 2 aliphatic rings. The van der Waals surface area contributed by atoms with Gasteiger partial charge in [0.05, 0.1) is 0 Å². The Morgan fingerprint density at radius 3 is 1.48 bits per heavy atom. The lowest BCUT2D eigenvalue weighted by Crippen LogP contribution is -2.15. The second-order valence-electron chi connectivity index (χ2n) is 17.3. The van der Waals surface area contributed by atoms with E-state index in [0.29, 0.717) is 0 Å². The van der Waals surface area contributed by atoms with E-state index in [-0.39, 0.29) is 10.8 Å². The van der Waals surface area contributed by atoms with Gasteiger partial charge in [0.1, 0.15) is 0 Å². The zero-order valence-electron chi connectivity index (χ0n) is 32.2. The lowest BCUT2D eigenvalue weighted by Gasteiger charge is -2.23. The fourth-order valence-electron chi connectivity index (χ4n) is 10.5. The van der Waals surface area contributed by atoms with Crippen molar-refractivity contribution in [2.24, 2.45) is 0 Å². The van der Waals surface area contributed by atoms with Crippen molar-refractivity contribution in [3.05, 3.63) is 192 Å². The van der Waals surface area contributed by atoms with E-state index in [9.17, 15) is 0 Å². The highest BCUT2D eigenvalue weighted by Gasteiger charge is 2.37. The topological polar surface area (TPSA) is 0 Å². The Labute approximate surface area is 327 Å². The Morgan fingerprint density at radius 2 is 0.696 bits per heavy atom. The molecule has 10 aromatic carbocycles. The summed E-state index contributed by atoms with van der Waals surface area (Å²) in [5, 5.41) is 13.0. The summed E-state index contributed by atoms with van der Waals surface area (Å²) < 4.78 is 0. The summed E-state index contributed by atoms with van der Waals surface area (Å²) in [4.78, 5) is 0. The fraction of sp³-hybridized carbons (Fsp3) is 0.107. The lowest BCUT2D eigenvalue weighted by atomic mass is 9.80. The predicted molar refractivity (Wildman–Crippen MR) is 240 cm³/mol. The molecule has 0 aliphatic heterocycles. The highest BCUT2D eigenvalue weighted by molar-refractivity contribution is 6.17. The molecular weight excluding hydrogens is 673 g/mol. The van der Waals surface area contributed by atoms with Crippen LogP contribution < -0.4 is 0 Å². The number of fused-ring (bicyclic) bond motifs is 14. The summed E-state index contributed by atoms with van der Waals surface area (Å²) in [6, 6.07) is 64.6. The van der Waals surface area contributed by atoms with E-state index in [0.717, 1.165) is 0 Å². The van der Waals surface area contributed by atoms with E-state index >= 15 is 0 Å². The molecule has 10 aromatic rings. The molecule has 0 bridgehead atoms. The van der Waals surface area contributed by atoms with Crippen molar-refractivity contribution in [2.45, 2.75) is 38.5 Å². The molecule has 0 heterocycles. The van der Waals surface area contributed by atoms with Gasteiger partial charge in [-0.15, -0.1) is 0 Å². The monoisotopic (exact) mass is 712 g/mol. The van der Waals surface area contributed by atoms with Gasteiger partial charge in [-0.05, 0) is 157 Å². The zero-order chi connectivity index (χ0) is 37.5. The molecule has 0 unspecified atom stereocenters. The molecule has 56 heavy (non-hydrogen) atoms. The molecule has 2 aliphatic carbocycles. The maximum atomic E-state index is 2.48. The normalized spacial score (nSPS) is 14.7. The Bertz CT molecular complexity index is 3350. The van der Waals surface area contributed by atoms with Gasteiger partial charge < -0.3 is 0 Å². The molecule has 0 atom stereocenters. The van der Waals surface area contributed by atoms with Gasteiger partial charge in [0, 0.05) is 10.8 Å². The highest BCUT2D eigenvalue weighted by atomic mass is 14.4. The predicted octanol–water partition coefficient (Wildman–Crippen LogP) is 15.4. The van der Waals surface area contributed by atoms with Crippen LogP contribution >= 0.6 is 0 Å². The minimum Gasteiger partial charge on any atom is -0.0619 e. The first-order chi connectivity index (χ1) is 27.2. The van der Waals surface area contributed by atoms with Crippen LogP contribution in [-0.2, 0) is 10.8 Å². The molecule has 0 radical (unpaired) electrons. The first-order valence-corrected chi connectivity index (χ1v) is 20.0. The van der Waals surface area contributed by atoms with Crippen LogP contribution in [0.2, 0.25) is 0 Å². The van der Waals surface area contributed by atoms with Crippen molar-refractivity contribution in [3.63, 3.8) is 0 Å². The summed E-state index contributed by atoms with van der Waals surface area (Å²) in [5.41, 5.74) is 16.0. The summed E-state index contributed by atoms with van der Waals surface area (Å²) in [5.74, 6) is 0. The number of benzene rings is 10. The van der Waals surface area contributed by atoms with Crippen LogP contribution in [0.3, 0.4) is 0 Å².